The molecule has 0 bridgehead atoms. The maximum Gasteiger partial charge on any atom is 0.224 e. The third-order valence-corrected chi connectivity index (χ3v) is 3.96. The van der Waals surface area contributed by atoms with Gasteiger partial charge in [0.2, 0.25) is 5.91 Å². The fourth-order valence-corrected chi connectivity index (χ4v) is 2.66. The summed E-state index contributed by atoms with van der Waals surface area (Å²) in [5, 5.41) is 4.19. The second kappa shape index (κ2) is 5.35. The van der Waals surface area contributed by atoms with Crippen molar-refractivity contribution in [3.05, 3.63) is 5.56 Å². The monoisotopic (exact) mass is 254 g/mol. The Labute approximate surface area is 105 Å². The van der Waals surface area contributed by atoms with Crippen molar-refractivity contribution >= 4 is 28.3 Å². The molecule has 3 N–H and O–H groups in total. The van der Waals surface area contributed by atoms with Gasteiger partial charge < -0.3 is 16.0 Å². The van der Waals surface area contributed by atoms with Crippen LogP contribution in [0.2, 0.25) is 0 Å². The van der Waals surface area contributed by atoms with Crippen LogP contribution in [0.5, 0.6) is 0 Å². The van der Waals surface area contributed by atoms with Gasteiger partial charge >= 0.3 is 0 Å². The minimum absolute atomic E-state index is 0.241. The number of hydrogen-bond donors (Lipinski definition) is 2. The number of carbonyl (C=O) groups excluding carboxylic acids is 1. The molecular formula is C11H18N4OS. The number of rotatable bonds is 4. The van der Waals surface area contributed by atoms with Crippen LogP contribution in [-0.2, 0) is 4.79 Å². The van der Waals surface area contributed by atoms with Gasteiger partial charge in [-0.1, -0.05) is 0 Å². The largest absolute Gasteiger partial charge is 0.383 e. The van der Waals surface area contributed by atoms with Crippen LogP contribution < -0.4 is 11.1 Å². The molecule has 2 rings (SSSR count). The fraction of sp³-hybridized carbons (Fsp3) is 0.636. The van der Waals surface area contributed by atoms with E-state index in [1.165, 1.54) is 11.5 Å². The molecule has 5 nitrogen and oxygen atoms in total. The first kappa shape index (κ1) is 12.2. The lowest BCUT2D eigenvalue weighted by Crippen LogP contribution is -2.29. The van der Waals surface area contributed by atoms with Crippen LogP contribution in [0, 0.1) is 6.92 Å². The highest BCUT2D eigenvalue weighted by Gasteiger charge is 2.17. The highest BCUT2D eigenvalue weighted by atomic mass is 32.1. The summed E-state index contributed by atoms with van der Waals surface area (Å²) >= 11 is 1.35. The van der Waals surface area contributed by atoms with E-state index in [9.17, 15) is 4.79 Å². The standard InChI is InChI=1S/C11H18N4OS/c1-8-10(12)14-17-11(8)13-5-4-9(16)15-6-2-3-7-15/h13H,2-7H2,1H3,(H2,12,14). The van der Waals surface area contributed by atoms with Gasteiger partial charge in [-0.05, 0) is 31.3 Å². The van der Waals surface area contributed by atoms with Crippen molar-refractivity contribution in [2.45, 2.75) is 26.2 Å². The summed E-state index contributed by atoms with van der Waals surface area (Å²) in [5.41, 5.74) is 6.63. The van der Waals surface area contributed by atoms with E-state index in [1.807, 2.05) is 11.8 Å². The first-order valence-electron chi connectivity index (χ1n) is 5.92. The van der Waals surface area contributed by atoms with Crippen molar-refractivity contribution in [2.75, 3.05) is 30.7 Å². The van der Waals surface area contributed by atoms with E-state index in [0.29, 0.717) is 18.8 Å². The smallest absolute Gasteiger partial charge is 0.224 e. The van der Waals surface area contributed by atoms with E-state index in [1.54, 1.807) is 0 Å². The first-order valence-corrected chi connectivity index (χ1v) is 6.69. The average Bonchev–Trinajstić information content (AvgIpc) is 2.93. The molecule has 0 saturated carbocycles. The molecule has 0 aliphatic carbocycles. The molecule has 94 valence electrons. The molecular weight excluding hydrogens is 236 g/mol. The molecule has 1 amide bonds. The van der Waals surface area contributed by atoms with Crippen LogP contribution in [0.4, 0.5) is 10.8 Å². The zero-order chi connectivity index (χ0) is 12.3. The molecule has 1 aliphatic heterocycles. The minimum atomic E-state index is 0.241. The second-order valence-electron chi connectivity index (χ2n) is 4.29. The Morgan fingerprint density at radius 1 is 1.53 bits per heavy atom. The maximum atomic E-state index is 11.8. The number of carbonyl (C=O) groups is 1. The third kappa shape index (κ3) is 2.88. The van der Waals surface area contributed by atoms with Crippen LogP contribution in [0.25, 0.3) is 0 Å². The van der Waals surface area contributed by atoms with Crippen LogP contribution >= 0.6 is 11.5 Å². The summed E-state index contributed by atoms with van der Waals surface area (Å²) < 4.78 is 4.05. The van der Waals surface area contributed by atoms with Gasteiger partial charge in [-0.25, -0.2) is 0 Å². The van der Waals surface area contributed by atoms with Crippen LogP contribution in [0.1, 0.15) is 24.8 Å². The molecule has 17 heavy (non-hydrogen) atoms. The number of likely N-dealkylation sites (tertiary alicyclic amines) is 1. The number of hydrogen-bond acceptors (Lipinski definition) is 5. The molecule has 0 aromatic carbocycles. The summed E-state index contributed by atoms with van der Waals surface area (Å²) in [5.74, 6) is 0.813. The third-order valence-electron chi connectivity index (χ3n) is 3.04. The van der Waals surface area contributed by atoms with Crippen molar-refractivity contribution in [2.24, 2.45) is 0 Å². The van der Waals surface area contributed by atoms with Crippen LogP contribution in [0.3, 0.4) is 0 Å². The number of nitrogen functional groups attached to an aromatic ring is 1. The van der Waals surface area contributed by atoms with Crippen molar-refractivity contribution in [1.82, 2.24) is 9.27 Å². The molecule has 2 heterocycles. The fourth-order valence-electron chi connectivity index (χ4n) is 1.92. The topological polar surface area (TPSA) is 71.2 Å². The lowest BCUT2D eigenvalue weighted by atomic mass is 10.3. The van der Waals surface area contributed by atoms with E-state index >= 15 is 0 Å². The second-order valence-corrected chi connectivity index (χ2v) is 5.06. The molecule has 1 aliphatic rings. The summed E-state index contributed by atoms with van der Waals surface area (Å²) in [4.78, 5) is 13.7. The lowest BCUT2D eigenvalue weighted by molar-refractivity contribution is -0.129. The molecule has 1 fully saturated rings. The number of nitrogens with one attached hydrogen (secondary N) is 1. The highest BCUT2D eigenvalue weighted by molar-refractivity contribution is 7.10. The zero-order valence-electron chi connectivity index (χ0n) is 10.0. The molecule has 1 aromatic heterocycles. The number of nitrogens with two attached hydrogens (primary N) is 1. The quantitative estimate of drug-likeness (QED) is 0.853. The van der Waals surface area contributed by atoms with E-state index in [-0.39, 0.29) is 5.91 Å². The lowest BCUT2D eigenvalue weighted by Gasteiger charge is -2.15. The van der Waals surface area contributed by atoms with Crippen molar-refractivity contribution in [3.63, 3.8) is 0 Å². The zero-order valence-corrected chi connectivity index (χ0v) is 10.8. The Kier molecular flexibility index (Phi) is 3.83. The van der Waals surface area contributed by atoms with Gasteiger partial charge in [0.25, 0.3) is 0 Å². The number of amides is 1. The maximum absolute atomic E-state index is 11.8. The minimum Gasteiger partial charge on any atom is -0.383 e. The predicted octanol–water partition coefficient (Wildman–Crippen LogP) is 1.46. The average molecular weight is 254 g/mol. The molecule has 6 heteroatoms. The van der Waals surface area contributed by atoms with Gasteiger partial charge in [0.1, 0.15) is 10.8 Å². The van der Waals surface area contributed by atoms with E-state index in [4.69, 9.17) is 5.73 Å². The summed E-state index contributed by atoms with van der Waals surface area (Å²) in [6.07, 6.45) is 2.82. The normalized spacial score (nSPS) is 15.2. The van der Waals surface area contributed by atoms with Crippen LogP contribution in [0.15, 0.2) is 0 Å². The highest BCUT2D eigenvalue weighted by Crippen LogP contribution is 2.25. The molecule has 0 spiro atoms. The Morgan fingerprint density at radius 3 is 2.82 bits per heavy atom. The SMILES string of the molecule is Cc1c(N)nsc1NCCC(=O)N1CCCC1. The van der Waals surface area contributed by atoms with E-state index in [0.717, 1.165) is 36.5 Å². The van der Waals surface area contributed by atoms with Gasteiger partial charge in [-0.2, -0.15) is 4.37 Å². The molecule has 0 unspecified atom stereocenters. The molecule has 0 atom stereocenters. The van der Waals surface area contributed by atoms with Gasteiger partial charge in [-0.3, -0.25) is 4.79 Å². The van der Waals surface area contributed by atoms with Crippen LogP contribution in [-0.4, -0.2) is 34.8 Å². The number of nitrogens with zero attached hydrogens (tertiary/aromatic N) is 2. The Morgan fingerprint density at radius 2 is 2.24 bits per heavy atom. The summed E-state index contributed by atoms with van der Waals surface area (Å²) in [6, 6.07) is 0. The molecule has 1 aromatic rings. The first-order chi connectivity index (χ1) is 8.18. The van der Waals surface area contributed by atoms with Gasteiger partial charge in [0.15, 0.2) is 0 Å². The predicted molar refractivity (Wildman–Crippen MR) is 70.2 cm³/mol. The Balaban J connectivity index is 1.75. The Hall–Kier alpha value is -1.30. The van der Waals surface area contributed by atoms with Crippen molar-refractivity contribution < 1.29 is 4.79 Å². The number of anilines is 2. The number of aromatic nitrogens is 1. The van der Waals surface area contributed by atoms with Crippen molar-refractivity contribution in [1.29, 1.82) is 0 Å². The molecule has 1 saturated heterocycles. The Bertz CT molecular complexity index is 398. The van der Waals surface area contributed by atoms with E-state index < -0.39 is 0 Å². The van der Waals surface area contributed by atoms with Gasteiger partial charge in [0, 0.05) is 31.6 Å². The summed E-state index contributed by atoms with van der Waals surface area (Å²) in [7, 11) is 0. The summed E-state index contributed by atoms with van der Waals surface area (Å²) in [6.45, 7) is 4.43. The van der Waals surface area contributed by atoms with Gasteiger partial charge in [-0.15, -0.1) is 0 Å². The molecule has 0 radical (unpaired) electrons. The van der Waals surface area contributed by atoms with E-state index in [2.05, 4.69) is 9.69 Å². The van der Waals surface area contributed by atoms with Crippen molar-refractivity contribution in [3.8, 4) is 0 Å². The van der Waals surface area contributed by atoms with Gasteiger partial charge in [0.05, 0.1) is 0 Å².